The fourth-order valence-electron chi connectivity index (χ4n) is 18.9. The Morgan fingerprint density at radius 1 is 0.114 bits per heavy atom. The van der Waals surface area contributed by atoms with Crippen molar-refractivity contribution in [3.05, 3.63) is 498 Å². The van der Waals surface area contributed by atoms with Crippen molar-refractivity contribution in [3.8, 4) is 168 Å². The minimum atomic E-state index is 0.681. The molecule has 26 rings (SSSR count). The van der Waals surface area contributed by atoms with E-state index in [9.17, 15) is 0 Å². The molecule has 654 valence electrons. The van der Waals surface area contributed by atoms with E-state index in [0.717, 1.165) is 222 Å². The molecule has 0 amide bonds. The van der Waals surface area contributed by atoms with Crippen LogP contribution in [0.15, 0.2) is 498 Å². The van der Waals surface area contributed by atoms with Crippen LogP contribution in [0.4, 0.5) is 0 Å². The Balaban J connectivity index is 0.000000114. The van der Waals surface area contributed by atoms with Crippen LogP contribution in [0.2, 0.25) is 0 Å². The normalized spacial score (nSPS) is 11.3. The van der Waals surface area contributed by atoms with Crippen molar-refractivity contribution in [1.29, 1.82) is 0 Å². The number of para-hydroxylation sites is 6. The molecule has 9 heterocycles. The molecule has 12 nitrogen and oxygen atoms in total. The third kappa shape index (κ3) is 17.0. The lowest BCUT2D eigenvalue weighted by atomic mass is 9.98. The largest absolute Gasteiger partial charge is 0.256 e. The average Bonchev–Trinajstić information content (AvgIpc) is 0.787. The molecule has 26 aromatic rings. The summed E-state index contributed by atoms with van der Waals surface area (Å²) in [6.45, 7) is 0. The van der Waals surface area contributed by atoms with E-state index < -0.39 is 0 Å². The van der Waals surface area contributed by atoms with Crippen LogP contribution in [0.3, 0.4) is 0 Å². The molecule has 9 aromatic heterocycles. The Labute approximate surface area is 808 Å². The Morgan fingerprint density at radius 3 is 0.650 bits per heavy atom. The molecule has 0 bridgehead atoms. The molecular weight excluding hydrogens is 1710 g/mol. The third-order valence-electron chi connectivity index (χ3n) is 26.0. The number of fused-ring (bicyclic) bond motifs is 8. The highest BCUT2D eigenvalue weighted by atomic mass is 14.9. The van der Waals surface area contributed by atoms with Gasteiger partial charge in [0.25, 0.3) is 0 Å². The van der Waals surface area contributed by atoms with Crippen LogP contribution in [-0.2, 0) is 0 Å². The summed E-state index contributed by atoms with van der Waals surface area (Å²) in [6, 6.07) is 160. The Kier molecular flexibility index (Phi) is 22.5. The van der Waals surface area contributed by atoms with Gasteiger partial charge in [-0.15, -0.1) is 0 Å². The summed E-state index contributed by atoms with van der Waals surface area (Å²) in [5.41, 5.74) is 33.7. The van der Waals surface area contributed by atoms with Crippen LogP contribution < -0.4 is 0 Å². The standard InChI is InChI=1S/2C44H28N4.C40H26N4/c1-2-14-36-29(8-1)9-3-17-39(36)41-28-40(32-22-18-30(19-23-32)37-15-4-10-33-12-6-26-45-42(33)37)47-44(48-41)35-24-20-31(21-25-35)38-16-5-11-34-13-7-27-46-43(34)38;1-2-8-36-27-37(24-15-29(36)7-1)41-28-40(32-20-16-30(17-21-32)38-13-3-9-33-11-5-25-45-42(33)38)47-44(48-41)35-22-18-31(19-23-35)39-14-4-10-34-12-6-26-46-43(34)39;1-2-8-29(9-3-1)36-26-37(30-20-16-27(17-21-30)34-14-4-10-31-12-6-24-41-38(31)34)44-40(43-36)33-22-18-28(19-23-33)35-15-5-11-32-13-7-25-42-39(32)35/h2*1-28H;1-26H. The molecule has 0 spiro atoms. The van der Waals surface area contributed by atoms with E-state index in [4.69, 9.17) is 29.9 Å². The molecule has 0 saturated carbocycles. The maximum absolute atomic E-state index is 5.17. The first-order chi connectivity index (χ1) is 69.3. The highest BCUT2D eigenvalue weighted by molar-refractivity contribution is 6.02. The van der Waals surface area contributed by atoms with Gasteiger partial charge in [-0.25, -0.2) is 29.9 Å². The molecule has 0 saturated heterocycles. The Hall–Kier alpha value is -19.0. The molecule has 0 aliphatic heterocycles. The van der Waals surface area contributed by atoms with Crippen molar-refractivity contribution in [2.45, 2.75) is 0 Å². The zero-order valence-corrected chi connectivity index (χ0v) is 75.7. The fraction of sp³-hybridized carbons (Fsp3) is 0. The van der Waals surface area contributed by atoms with Gasteiger partial charge < -0.3 is 0 Å². The molecule has 12 heteroatoms. The number of rotatable bonds is 15. The second kappa shape index (κ2) is 37.4. The maximum atomic E-state index is 5.17. The summed E-state index contributed by atoms with van der Waals surface area (Å²) in [4.78, 5) is 58.6. The quantitative estimate of drug-likeness (QED) is 0.0959. The molecule has 17 aromatic carbocycles. The lowest BCUT2D eigenvalue weighted by Gasteiger charge is -2.12. The predicted octanol–water partition coefficient (Wildman–Crippen LogP) is 32.0. The van der Waals surface area contributed by atoms with Crippen LogP contribution in [0.5, 0.6) is 0 Å². The molecule has 0 N–H and O–H groups in total. The number of nitrogens with zero attached hydrogens (tertiary/aromatic N) is 12. The highest BCUT2D eigenvalue weighted by Crippen LogP contribution is 2.41. The maximum Gasteiger partial charge on any atom is 0.160 e. The first-order valence-electron chi connectivity index (χ1n) is 46.7. The van der Waals surface area contributed by atoms with Gasteiger partial charge in [0.15, 0.2) is 17.5 Å². The fourth-order valence-corrected chi connectivity index (χ4v) is 18.9. The molecule has 0 radical (unpaired) electrons. The van der Waals surface area contributed by atoms with Crippen molar-refractivity contribution in [2.24, 2.45) is 0 Å². The van der Waals surface area contributed by atoms with Crippen molar-refractivity contribution >= 4 is 87.0 Å². The van der Waals surface area contributed by atoms with Gasteiger partial charge in [-0.2, -0.15) is 0 Å². The molecule has 0 aliphatic rings. The van der Waals surface area contributed by atoms with Gasteiger partial charge in [0, 0.05) is 153 Å². The first kappa shape index (κ1) is 84.0. The lowest BCUT2D eigenvalue weighted by molar-refractivity contribution is 1.18. The van der Waals surface area contributed by atoms with Crippen LogP contribution in [0, 0.1) is 0 Å². The predicted molar refractivity (Wildman–Crippen MR) is 574 cm³/mol. The van der Waals surface area contributed by atoms with Gasteiger partial charge in [-0.1, -0.05) is 400 Å². The third-order valence-corrected chi connectivity index (χ3v) is 26.0. The molecule has 0 fully saturated rings. The van der Waals surface area contributed by atoms with E-state index >= 15 is 0 Å². The van der Waals surface area contributed by atoms with Gasteiger partial charge in [0.1, 0.15) is 0 Å². The van der Waals surface area contributed by atoms with Gasteiger partial charge in [0.2, 0.25) is 0 Å². The van der Waals surface area contributed by atoms with Crippen molar-refractivity contribution in [1.82, 2.24) is 59.8 Å². The molecule has 140 heavy (non-hydrogen) atoms. The summed E-state index contributed by atoms with van der Waals surface area (Å²) in [5.74, 6) is 2.05. The first-order valence-corrected chi connectivity index (χ1v) is 46.7. The zero-order chi connectivity index (χ0) is 93.0. The van der Waals surface area contributed by atoms with Crippen LogP contribution in [0.1, 0.15) is 0 Å². The summed E-state index contributed by atoms with van der Waals surface area (Å²) < 4.78 is 0. The minimum Gasteiger partial charge on any atom is -0.256 e. The van der Waals surface area contributed by atoms with Crippen molar-refractivity contribution < 1.29 is 0 Å². The summed E-state index contributed by atoms with van der Waals surface area (Å²) >= 11 is 0. The van der Waals surface area contributed by atoms with Gasteiger partial charge in [-0.05, 0) is 116 Å². The summed E-state index contributed by atoms with van der Waals surface area (Å²) in [7, 11) is 0. The topological polar surface area (TPSA) is 155 Å². The number of hydrogen-bond donors (Lipinski definition) is 0. The van der Waals surface area contributed by atoms with E-state index in [1.807, 2.05) is 91.8 Å². The highest BCUT2D eigenvalue weighted by Gasteiger charge is 2.21. The van der Waals surface area contributed by atoms with E-state index in [-0.39, 0.29) is 0 Å². The lowest BCUT2D eigenvalue weighted by Crippen LogP contribution is -1.96. The van der Waals surface area contributed by atoms with Gasteiger partial charge in [0.05, 0.1) is 67.3 Å². The second-order valence-electron chi connectivity index (χ2n) is 34.6. The van der Waals surface area contributed by atoms with Crippen molar-refractivity contribution in [3.63, 3.8) is 0 Å². The molecule has 0 aliphatic carbocycles. The van der Waals surface area contributed by atoms with Crippen LogP contribution >= 0.6 is 0 Å². The Morgan fingerprint density at radius 2 is 0.329 bits per heavy atom. The Bertz CT molecular complexity index is 8690. The number of pyridine rings is 6. The van der Waals surface area contributed by atoms with E-state index in [2.05, 4.69) is 436 Å². The van der Waals surface area contributed by atoms with E-state index in [1.54, 1.807) is 0 Å². The minimum absolute atomic E-state index is 0.681. The number of benzene rings is 17. The van der Waals surface area contributed by atoms with Gasteiger partial charge in [-0.3, -0.25) is 29.9 Å². The summed E-state index contributed by atoms with van der Waals surface area (Å²) in [5, 5.41) is 11.5. The molecule has 0 unspecified atom stereocenters. The second-order valence-corrected chi connectivity index (χ2v) is 34.6. The van der Waals surface area contributed by atoms with Crippen LogP contribution in [-0.4, -0.2) is 59.8 Å². The SMILES string of the molecule is c1ccc(-c2cc(-c3ccc(-c4cccc5cccnc45)cc3)nc(-c3ccc(-c4cccc5cccnc45)cc3)n2)cc1.c1ccc2c(-c3cc(-c4ccc(-c5cccc6cccnc56)cc4)nc(-c4ccc(-c5cccc6cccnc56)cc4)n3)cccc2c1.c1ccc2cc(-c3cc(-c4ccc(-c5cccc6cccnc56)cc4)nc(-c4ccc(-c5cccc6cccnc56)cc4)n3)ccc2c1. The monoisotopic (exact) mass is 1790 g/mol. The number of aromatic nitrogens is 12. The van der Waals surface area contributed by atoms with E-state index in [1.165, 1.54) is 16.2 Å². The number of hydrogen-bond acceptors (Lipinski definition) is 12. The summed E-state index contributed by atoms with van der Waals surface area (Å²) in [6.07, 6.45) is 11.1. The van der Waals surface area contributed by atoms with Crippen molar-refractivity contribution in [2.75, 3.05) is 0 Å². The zero-order valence-electron chi connectivity index (χ0n) is 75.7. The van der Waals surface area contributed by atoms with Crippen LogP contribution in [0.25, 0.3) is 255 Å². The smallest absolute Gasteiger partial charge is 0.160 e. The average molecular weight is 1790 g/mol. The van der Waals surface area contributed by atoms with Gasteiger partial charge >= 0.3 is 0 Å². The molecular formula is C128H82N12. The molecule has 0 atom stereocenters. The van der Waals surface area contributed by atoms with E-state index in [0.29, 0.717) is 17.5 Å².